The van der Waals surface area contributed by atoms with Crippen molar-refractivity contribution in [3.63, 3.8) is 0 Å². The molecular weight excluding hydrogens is 216 g/mol. The third-order valence-corrected chi connectivity index (χ3v) is 3.24. The molecule has 17 heavy (non-hydrogen) atoms. The van der Waals surface area contributed by atoms with Crippen LogP contribution < -0.4 is 0 Å². The van der Waals surface area contributed by atoms with Crippen molar-refractivity contribution in [2.24, 2.45) is 0 Å². The van der Waals surface area contributed by atoms with Gasteiger partial charge in [-0.2, -0.15) is 0 Å². The quantitative estimate of drug-likeness (QED) is 0.761. The summed E-state index contributed by atoms with van der Waals surface area (Å²) in [4.78, 5) is 4.56. The number of ether oxygens (including phenoxy) is 1. The molecule has 1 N–H and O–H groups in total. The van der Waals surface area contributed by atoms with Gasteiger partial charge >= 0.3 is 0 Å². The number of aliphatic hydroxyl groups excluding tert-OH is 1. The Kier molecular flexibility index (Phi) is 3.86. The summed E-state index contributed by atoms with van der Waals surface area (Å²) >= 11 is 0. The van der Waals surface area contributed by atoms with Crippen LogP contribution in [0.5, 0.6) is 0 Å². The molecule has 94 valence electrons. The molecule has 4 heteroatoms. The van der Waals surface area contributed by atoms with Crippen molar-refractivity contribution in [2.45, 2.75) is 6.10 Å². The lowest BCUT2D eigenvalue weighted by Crippen LogP contribution is -2.42. The topological polar surface area (TPSA) is 35.9 Å². The van der Waals surface area contributed by atoms with Crippen LogP contribution in [0, 0.1) is 0 Å². The van der Waals surface area contributed by atoms with Gasteiger partial charge < -0.3 is 19.6 Å². The van der Waals surface area contributed by atoms with E-state index in [1.54, 1.807) is 13.2 Å². The van der Waals surface area contributed by atoms with Gasteiger partial charge in [0.2, 0.25) is 0 Å². The number of hydrogen-bond donors (Lipinski definition) is 1. The molecular formula is C13H20N2O2. The Labute approximate surface area is 102 Å². The molecule has 0 aromatic heterocycles. The average molecular weight is 236 g/mol. The zero-order valence-corrected chi connectivity index (χ0v) is 10.5. The summed E-state index contributed by atoms with van der Waals surface area (Å²) in [5, 5.41) is 10.1. The van der Waals surface area contributed by atoms with Crippen molar-refractivity contribution in [2.75, 3.05) is 40.3 Å². The maximum absolute atomic E-state index is 10.1. The first-order valence-electron chi connectivity index (χ1n) is 5.95. The molecule has 0 bridgehead atoms. The van der Waals surface area contributed by atoms with Gasteiger partial charge in [-0.25, -0.2) is 0 Å². The Morgan fingerprint density at radius 1 is 1.35 bits per heavy atom. The van der Waals surface area contributed by atoms with Crippen LogP contribution >= 0.6 is 0 Å². The van der Waals surface area contributed by atoms with Gasteiger partial charge in [0.15, 0.2) is 0 Å². The molecule has 4 nitrogen and oxygen atoms in total. The summed E-state index contributed by atoms with van der Waals surface area (Å²) in [5.41, 5.74) is 0.897. The minimum atomic E-state index is -0.635. The van der Waals surface area contributed by atoms with E-state index in [-0.39, 0.29) is 0 Å². The second-order valence-corrected chi connectivity index (χ2v) is 4.50. The number of likely N-dealkylation sites (N-methyl/N-ethyl adjacent to an activating group) is 1. The molecule has 0 spiro atoms. The SMILES string of the molecule is COC1=CC=CC(=CN2CCN(C)CC2)C1O. The maximum Gasteiger partial charge on any atom is 0.137 e. The van der Waals surface area contributed by atoms with Crippen LogP contribution in [0.25, 0.3) is 0 Å². The molecule has 0 aromatic carbocycles. The monoisotopic (exact) mass is 236 g/mol. The minimum absolute atomic E-state index is 0.605. The highest BCUT2D eigenvalue weighted by molar-refractivity contribution is 5.37. The van der Waals surface area contributed by atoms with Gasteiger partial charge in [-0.3, -0.25) is 0 Å². The fourth-order valence-corrected chi connectivity index (χ4v) is 2.06. The highest BCUT2D eigenvalue weighted by atomic mass is 16.5. The lowest BCUT2D eigenvalue weighted by molar-refractivity contribution is 0.149. The molecule has 1 atom stereocenters. The Morgan fingerprint density at radius 2 is 2.06 bits per heavy atom. The predicted octanol–water partition coefficient (Wildman–Crippen LogP) is 0.579. The number of allylic oxidation sites excluding steroid dienone is 2. The first kappa shape index (κ1) is 12.2. The average Bonchev–Trinajstić information content (AvgIpc) is 2.35. The summed E-state index contributed by atoms with van der Waals surface area (Å²) in [5.74, 6) is 0.605. The number of piperazine rings is 1. The first-order chi connectivity index (χ1) is 8.20. The lowest BCUT2D eigenvalue weighted by atomic mass is 10.0. The molecule has 0 aromatic rings. The van der Waals surface area contributed by atoms with Crippen LogP contribution in [0.2, 0.25) is 0 Å². The molecule has 1 fully saturated rings. The van der Waals surface area contributed by atoms with Crippen molar-refractivity contribution in [3.05, 3.63) is 35.8 Å². The third-order valence-electron chi connectivity index (χ3n) is 3.24. The summed E-state index contributed by atoms with van der Waals surface area (Å²) < 4.78 is 5.13. The highest BCUT2D eigenvalue weighted by Gasteiger charge is 2.19. The van der Waals surface area contributed by atoms with E-state index in [2.05, 4.69) is 16.8 Å². The van der Waals surface area contributed by atoms with Gasteiger partial charge in [0.25, 0.3) is 0 Å². The van der Waals surface area contributed by atoms with Gasteiger partial charge in [0.1, 0.15) is 11.9 Å². The van der Waals surface area contributed by atoms with E-state index in [9.17, 15) is 5.11 Å². The van der Waals surface area contributed by atoms with E-state index in [1.807, 2.05) is 18.4 Å². The molecule has 1 aliphatic carbocycles. The second kappa shape index (κ2) is 5.38. The van der Waals surface area contributed by atoms with E-state index in [4.69, 9.17) is 4.74 Å². The fourth-order valence-electron chi connectivity index (χ4n) is 2.06. The van der Waals surface area contributed by atoms with Gasteiger partial charge in [0.05, 0.1) is 7.11 Å². The van der Waals surface area contributed by atoms with E-state index in [0.29, 0.717) is 5.76 Å². The maximum atomic E-state index is 10.1. The van der Waals surface area contributed by atoms with Crippen molar-refractivity contribution >= 4 is 0 Å². The number of hydrogen-bond acceptors (Lipinski definition) is 4. The van der Waals surface area contributed by atoms with Gasteiger partial charge in [-0.1, -0.05) is 12.2 Å². The van der Waals surface area contributed by atoms with Crippen LogP contribution in [-0.4, -0.2) is 61.3 Å². The lowest BCUT2D eigenvalue weighted by Gasteiger charge is -2.32. The van der Waals surface area contributed by atoms with Crippen molar-refractivity contribution in [3.8, 4) is 0 Å². The molecule has 0 radical (unpaired) electrons. The largest absolute Gasteiger partial charge is 0.498 e. The van der Waals surface area contributed by atoms with Crippen molar-refractivity contribution < 1.29 is 9.84 Å². The van der Waals surface area contributed by atoms with Gasteiger partial charge in [0, 0.05) is 38.0 Å². The van der Waals surface area contributed by atoms with E-state index in [1.165, 1.54) is 0 Å². The zero-order valence-electron chi connectivity index (χ0n) is 10.5. The minimum Gasteiger partial charge on any atom is -0.498 e. The Hall–Kier alpha value is -1.26. The van der Waals surface area contributed by atoms with E-state index < -0.39 is 6.10 Å². The van der Waals surface area contributed by atoms with Crippen LogP contribution in [0.3, 0.4) is 0 Å². The molecule has 1 heterocycles. The Bertz CT molecular complexity index is 352. The van der Waals surface area contributed by atoms with Gasteiger partial charge in [-0.15, -0.1) is 0 Å². The zero-order chi connectivity index (χ0) is 12.3. The third kappa shape index (κ3) is 2.90. The number of nitrogens with zero attached hydrogens (tertiary/aromatic N) is 2. The second-order valence-electron chi connectivity index (χ2n) is 4.50. The Balaban J connectivity index is 2.03. The summed E-state index contributed by atoms with van der Waals surface area (Å²) in [7, 11) is 3.72. The van der Waals surface area contributed by atoms with Crippen LogP contribution in [0.15, 0.2) is 35.8 Å². The molecule has 2 rings (SSSR count). The van der Waals surface area contributed by atoms with Crippen LogP contribution in [0.1, 0.15) is 0 Å². The smallest absolute Gasteiger partial charge is 0.137 e. The molecule has 0 amide bonds. The summed E-state index contributed by atoms with van der Waals surface area (Å²) in [6.07, 6.45) is 7.05. The van der Waals surface area contributed by atoms with Crippen molar-refractivity contribution in [1.29, 1.82) is 0 Å². The normalized spacial score (nSPS) is 28.4. The van der Waals surface area contributed by atoms with E-state index in [0.717, 1.165) is 31.8 Å². The summed E-state index contributed by atoms with van der Waals surface area (Å²) in [6.45, 7) is 4.15. The Morgan fingerprint density at radius 3 is 2.71 bits per heavy atom. The number of methoxy groups -OCH3 is 1. The van der Waals surface area contributed by atoms with Crippen LogP contribution in [-0.2, 0) is 4.74 Å². The number of rotatable bonds is 2. The first-order valence-corrected chi connectivity index (χ1v) is 5.95. The van der Waals surface area contributed by atoms with E-state index >= 15 is 0 Å². The summed E-state index contributed by atoms with van der Waals surface area (Å²) in [6, 6.07) is 0. The number of aliphatic hydroxyl groups is 1. The predicted molar refractivity (Wildman–Crippen MR) is 67.4 cm³/mol. The molecule has 1 saturated heterocycles. The molecule has 0 saturated carbocycles. The molecule has 2 aliphatic rings. The fraction of sp³-hybridized carbons (Fsp3) is 0.538. The standard InChI is InChI=1S/C13H20N2O2/c1-14-6-8-15(9-7-14)10-11-4-3-5-12(17-2)13(11)16/h3-5,10,13,16H,6-9H2,1-2H3. The van der Waals surface area contributed by atoms with Crippen molar-refractivity contribution in [1.82, 2.24) is 9.80 Å². The highest BCUT2D eigenvalue weighted by Crippen LogP contribution is 2.20. The van der Waals surface area contributed by atoms with Gasteiger partial charge in [-0.05, 0) is 13.1 Å². The molecule has 1 unspecified atom stereocenters. The van der Waals surface area contributed by atoms with Crippen LogP contribution in [0.4, 0.5) is 0 Å². The molecule has 1 aliphatic heterocycles.